The third kappa shape index (κ3) is 4.74. The number of nitriles is 1. The molecule has 0 unspecified atom stereocenters. The van der Waals surface area contributed by atoms with E-state index >= 15 is 0 Å². The van der Waals surface area contributed by atoms with Crippen LogP contribution in [0.4, 0.5) is 5.69 Å². The van der Waals surface area contributed by atoms with Gasteiger partial charge in [0, 0.05) is 16.2 Å². The Bertz CT molecular complexity index is 767. The second-order valence-corrected chi connectivity index (χ2v) is 5.88. The summed E-state index contributed by atoms with van der Waals surface area (Å²) in [5.74, 6) is 0.559. The lowest BCUT2D eigenvalue weighted by atomic mass is 10.2. The number of anilines is 1. The van der Waals surface area contributed by atoms with Crippen LogP contribution in [0.15, 0.2) is 40.9 Å². The number of benzene rings is 2. The van der Waals surface area contributed by atoms with E-state index in [1.54, 1.807) is 12.1 Å². The number of carbonyl (C=O) groups excluding carboxylic acids is 1. The average molecular weight is 389 g/mol. The molecule has 24 heavy (non-hydrogen) atoms. The Hall–Kier alpha value is -2.52. The van der Waals surface area contributed by atoms with E-state index in [0.29, 0.717) is 33.8 Å². The first-order valence-corrected chi connectivity index (χ1v) is 8.18. The van der Waals surface area contributed by atoms with E-state index in [9.17, 15) is 4.79 Å². The highest BCUT2D eigenvalue weighted by atomic mass is 79.9. The molecule has 2 aromatic carbocycles. The molecule has 0 atom stereocenters. The van der Waals surface area contributed by atoms with Crippen molar-refractivity contribution in [2.75, 3.05) is 18.5 Å². The minimum absolute atomic E-state index is 0.160. The molecule has 0 aliphatic heterocycles. The minimum Gasteiger partial charge on any atom is -0.490 e. The summed E-state index contributed by atoms with van der Waals surface area (Å²) in [5, 5.41) is 11.8. The number of ether oxygens (including phenoxy) is 2. The quantitative estimate of drug-likeness (QED) is 0.809. The standard InChI is InChI=1S/C18H17BrN2O3/c1-3-23-16-8-13(10-20)15(19)9-17(16)24-11-18(22)21-14-6-4-12(2)5-7-14/h4-9H,3,11H2,1-2H3,(H,21,22). The number of rotatable bonds is 6. The Morgan fingerprint density at radius 1 is 1.21 bits per heavy atom. The molecular formula is C18H17BrN2O3. The predicted octanol–water partition coefficient (Wildman–Crippen LogP) is 4.05. The number of hydrogen-bond donors (Lipinski definition) is 1. The summed E-state index contributed by atoms with van der Waals surface area (Å²) in [6.07, 6.45) is 0. The number of nitrogens with zero attached hydrogens (tertiary/aromatic N) is 1. The van der Waals surface area contributed by atoms with Crippen LogP contribution < -0.4 is 14.8 Å². The molecule has 0 saturated heterocycles. The van der Waals surface area contributed by atoms with Crippen molar-refractivity contribution in [1.82, 2.24) is 0 Å². The van der Waals surface area contributed by atoms with Crippen LogP contribution in [0, 0.1) is 18.3 Å². The molecule has 1 N–H and O–H groups in total. The van der Waals surface area contributed by atoms with E-state index in [2.05, 4.69) is 27.3 Å². The van der Waals surface area contributed by atoms with Crippen molar-refractivity contribution in [3.63, 3.8) is 0 Å². The predicted molar refractivity (Wildman–Crippen MR) is 95.3 cm³/mol. The van der Waals surface area contributed by atoms with E-state index in [0.717, 1.165) is 5.56 Å². The molecule has 6 heteroatoms. The van der Waals surface area contributed by atoms with Gasteiger partial charge in [-0.05, 0) is 48.0 Å². The number of carbonyl (C=O) groups is 1. The fourth-order valence-corrected chi connectivity index (χ4v) is 2.39. The highest BCUT2D eigenvalue weighted by molar-refractivity contribution is 9.10. The first kappa shape index (κ1) is 17.8. The molecule has 0 heterocycles. The molecule has 2 rings (SSSR count). The van der Waals surface area contributed by atoms with Gasteiger partial charge in [0.15, 0.2) is 18.1 Å². The van der Waals surface area contributed by atoms with Crippen molar-refractivity contribution in [2.24, 2.45) is 0 Å². The Morgan fingerprint density at radius 2 is 1.88 bits per heavy atom. The number of amides is 1. The van der Waals surface area contributed by atoms with Gasteiger partial charge in [0.2, 0.25) is 0 Å². The normalized spacial score (nSPS) is 9.92. The maximum Gasteiger partial charge on any atom is 0.262 e. The van der Waals surface area contributed by atoms with Crippen molar-refractivity contribution in [1.29, 1.82) is 5.26 Å². The lowest BCUT2D eigenvalue weighted by Gasteiger charge is -2.13. The van der Waals surface area contributed by atoms with Gasteiger partial charge in [-0.25, -0.2) is 0 Å². The fraction of sp³-hybridized carbons (Fsp3) is 0.222. The Labute approximate surface area is 149 Å². The molecule has 0 bridgehead atoms. The molecule has 0 saturated carbocycles. The van der Waals surface area contributed by atoms with Crippen molar-refractivity contribution in [3.8, 4) is 17.6 Å². The maximum atomic E-state index is 12.0. The zero-order valence-corrected chi connectivity index (χ0v) is 15.0. The lowest BCUT2D eigenvalue weighted by Crippen LogP contribution is -2.20. The second-order valence-electron chi connectivity index (χ2n) is 5.03. The molecule has 1 amide bonds. The summed E-state index contributed by atoms with van der Waals surface area (Å²) in [6.45, 7) is 4.08. The van der Waals surface area contributed by atoms with Crippen molar-refractivity contribution in [3.05, 3.63) is 52.0 Å². The minimum atomic E-state index is -0.276. The first-order valence-electron chi connectivity index (χ1n) is 7.39. The van der Waals surface area contributed by atoms with Crippen LogP contribution in [-0.2, 0) is 4.79 Å². The third-order valence-corrected chi connectivity index (χ3v) is 3.80. The van der Waals surface area contributed by atoms with Crippen molar-refractivity contribution >= 4 is 27.5 Å². The first-order chi connectivity index (χ1) is 11.5. The molecule has 0 aliphatic rings. The molecular weight excluding hydrogens is 372 g/mol. The van der Waals surface area contributed by atoms with Gasteiger partial charge >= 0.3 is 0 Å². The molecule has 0 fully saturated rings. The van der Waals surface area contributed by atoms with E-state index in [1.165, 1.54) is 0 Å². The van der Waals surface area contributed by atoms with Gasteiger partial charge in [0.05, 0.1) is 12.2 Å². The second kappa shape index (κ2) is 8.37. The van der Waals surface area contributed by atoms with Gasteiger partial charge in [-0.3, -0.25) is 4.79 Å². The number of nitrogens with one attached hydrogen (secondary N) is 1. The van der Waals surface area contributed by atoms with Gasteiger partial charge in [-0.2, -0.15) is 5.26 Å². The zero-order chi connectivity index (χ0) is 17.5. The average Bonchev–Trinajstić information content (AvgIpc) is 2.57. The lowest BCUT2D eigenvalue weighted by molar-refractivity contribution is -0.118. The van der Waals surface area contributed by atoms with E-state index in [4.69, 9.17) is 14.7 Å². The summed E-state index contributed by atoms with van der Waals surface area (Å²) in [6, 6.07) is 12.8. The SMILES string of the molecule is CCOc1cc(C#N)c(Br)cc1OCC(=O)Nc1ccc(C)cc1. The molecule has 0 aromatic heterocycles. The van der Waals surface area contributed by atoms with Gasteiger partial charge in [0.25, 0.3) is 5.91 Å². The van der Waals surface area contributed by atoms with Crippen LogP contribution in [0.3, 0.4) is 0 Å². The van der Waals surface area contributed by atoms with E-state index in [-0.39, 0.29) is 12.5 Å². The zero-order valence-electron chi connectivity index (χ0n) is 13.4. The van der Waals surface area contributed by atoms with Crippen LogP contribution in [0.25, 0.3) is 0 Å². The van der Waals surface area contributed by atoms with Crippen molar-refractivity contribution in [2.45, 2.75) is 13.8 Å². The molecule has 5 nitrogen and oxygen atoms in total. The summed E-state index contributed by atoms with van der Waals surface area (Å²) in [7, 11) is 0. The summed E-state index contributed by atoms with van der Waals surface area (Å²) in [5.41, 5.74) is 2.27. The van der Waals surface area contributed by atoms with Crippen molar-refractivity contribution < 1.29 is 14.3 Å². The van der Waals surface area contributed by atoms with Crippen LogP contribution in [0.2, 0.25) is 0 Å². The summed E-state index contributed by atoms with van der Waals surface area (Å²) >= 11 is 3.30. The molecule has 0 radical (unpaired) electrons. The van der Waals surface area contributed by atoms with Gasteiger partial charge < -0.3 is 14.8 Å². The molecule has 2 aromatic rings. The van der Waals surface area contributed by atoms with Crippen LogP contribution in [-0.4, -0.2) is 19.1 Å². The largest absolute Gasteiger partial charge is 0.490 e. The molecule has 124 valence electrons. The van der Waals surface area contributed by atoms with Crippen LogP contribution >= 0.6 is 15.9 Å². The van der Waals surface area contributed by atoms with E-state index in [1.807, 2.05) is 38.1 Å². The number of aryl methyl sites for hydroxylation is 1. The Morgan fingerprint density at radius 3 is 2.50 bits per heavy atom. The highest BCUT2D eigenvalue weighted by Crippen LogP contribution is 2.33. The topological polar surface area (TPSA) is 71.3 Å². The van der Waals surface area contributed by atoms with Crippen LogP contribution in [0.1, 0.15) is 18.1 Å². The highest BCUT2D eigenvalue weighted by Gasteiger charge is 2.12. The summed E-state index contributed by atoms with van der Waals surface area (Å²) in [4.78, 5) is 12.0. The maximum absolute atomic E-state index is 12.0. The monoisotopic (exact) mass is 388 g/mol. The number of halogens is 1. The Kier molecular flexibility index (Phi) is 6.21. The third-order valence-electron chi connectivity index (χ3n) is 3.15. The van der Waals surface area contributed by atoms with E-state index < -0.39 is 0 Å². The smallest absolute Gasteiger partial charge is 0.262 e. The van der Waals surface area contributed by atoms with Gasteiger partial charge in [0.1, 0.15) is 6.07 Å². The molecule has 0 spiro atoms. The van der Waals surface area contributed by atoms with Crippen LogP contribution in [0.5, 0.6) is 11.5 Å². The van der Waals surface area contributed by atoms with Gasteiger partial charge in [-0.1, -0.05) is 17.7 Å². The molecule has 0 aliphatic carbocycles. The Balaban J connectivity index is 2.05. The number of hydrogen-bond acceptors (Lipinski definition) is 4. The summed E-state index contributed by atoms with van der Waals surface area (Å²) < 4.78 is 11.6. The van der Waals surface area contributed by atoms with Gasteiger partial charge in [-0.15, -0.1) is 0 Å². The fourth-order valence-electron chi connectivity index (χ4n) is 1.98.